The van der Waals surface area contributed by atoms with Gasteiger partial charge in [0, 0.05) is 6.20 Å². The summed E-state index contributed by atoms with van der Waals surface area (Å²) in [6.07, 6.45) is 1.96. The average Bonchev–Trinajstić information content (AvgIpc) is 2.87. The molecule has 0 N–H and O–H groups in total. The predicted molar refractivity (Wildman–Crippen MR) is 78.9 cm³/mol. The lowest BCUT2D eigenvalue weighted by Crippen LogP contribution is -1.99. The van der Waals surface area contributed by atoms with E-state index in [0.717, 1.165) is 16.8 Å². The van der Waals surface area contributed by atoms with Crippen molar-refractivity contribution in [2.45, 2.75) is 6.92 Å². The van der Waals surface area contributed by atoms with E-state index >= 15 is 0 Å². The number of pyridine rings is 1. The molecule has 0 atom stereocenters. The summed E-state index contributed by atoms with van der Waals surface area (Å²) in [5.41, 5.74) is 4.72. The Morgan fingerprint density at radius 1 is 1.10 bits per heavy atom. The van der Waals surface area contributed by atoms with Gasteiger partial charge in [-0.2, -0.15) is 0 Å². The molecular formula is C17H15NO2. The molecule has 3 rings (SSSR count). The first-order valence-corrected chi connectivity index (χ1v) is 6.46. The number of fused-ring (bicyclic) bond motifs is 1. The molecule has 3 nitrogen and oxygen atoms in total. The SMILES string of the molecule is COC(=O)c1cc(-c2ccc(C)cc2)n2ccccc12. The van der Waals surface area contributed by atoms with Gasteiger partial charge >= 0.3 is 5.97 Å². The van der Waals surface area contributed by atoms with Crippen LogP contribution in [0, 0.1) is 6.92 Å². The molecule has 0 aliphatic carbocycles. The van der Waals surface area contributed by atoms with Crippen molar-refractivity contribution in [3.05, 3.63) is 65.9 Å². The quantitative estimate of drug-likeness (QED) is 0.661. The summed E-state index contributed by atoms with van der Waals surface area (Å²) in [6, 6.07) is 15.9. The number of benzene rings is 1. The number of aryl methyl sites for hydroxylation is 1. The van der Waals surface area contributed by atoms with Crippen molar-refractivity contribution in [3.63, 3.8) is 0 Å². The van der Waals surface area contributed by atoms with Gasteiger partial charge in [0.05, 0.1) is 23.9 Å². The summed E-state index contributed by atoms with van der Waals surface area (Å²) in [7, 11) is 1.40. The third-order valence-corrected chi connectivity index (χ3v) is 3.43. The number of ether oxygens (including phenoxy) is 1. The Kier molecular flexibility index (Phi) is 3.03. The number of esters is 1. The van der Waals surface area contributed by atoms with Crippen molar-refractivity contribution in [1.82, 2.24) is 4.40 Å². The molecule has 3 heteroatoms. The van der Waals surface area contributed by atoms with Crippen LogP contribution in [0.5, 0.6) is 0 Å². The molecule has 0 aliphatic rings. The van der Waals surface area contributed by atoms with Gasteiger partial charge in [-0.3, -0.25) is 0 Å². The Hall–Kier alpha value is -2.55. The van der Waals surface area contributed by atoms with Crippen molar-refractivity contribution in [2.75, 3.05) is 7.11 Å². The Balaban J connectivity index is 2.26. The van der Waals surface area contributed by atoms with E-state index < -0.39 is 0 Å². The summed E-state index contributed by atoms with van der Waals surface area (Å²) >= 11 is 0. The minimum Gasteiger partial charge on any atom is -0.465 e. The van der Waals surface area contributed by atoms with E-state index in [1.54, 1.807) is 0 Å². The Morgan fingerprint density at radius 3 is 2.55 bits per heavy atom. The predicted octanol–water partition coefficient (Wildman–Crippen LogP) is 3.70. The zero-order valence-electron chi connectivity index (χ0n) is 11.5. The lowest BCUT2D eigenvalue weighted by molar-refractivity contribution is 0.0603. The summed E-state index contributed by atoms with van der Waals surface area (Å²) in [4.78, 5) is 11.9. The smallest absolute Gasteiger partial charge is 0.340 e. The zero-order valence-corrected chi connectivity index (χ0v) is 11.5. The first kappa shape index (κ1) is 12.5. The van der Waals surface area contributed by atoms with Crippen molar-refractivity contribution >= 4 is 11.5 Å². The molecule has 100 valence electrons. The molecule has 0 radical (unpaired) electrons. The number of aromatic nitrogens is 1. The monoisotopic (exact) mass is 265 g/mol. The highest BCUT2D eigenvalue weighted by molar-refractivity contribution is 5.99. The number of rotatable bonds is 2. The normalized spacial score (nSPS) is 10.7. The average molecular weight is 265 g/mol. The van der Waals surface area contributed by atoms with Crippen molar-refractivity contribution in [3.8, 4) is 11.3 Å². The van der Waals surface area contributed by atoms with Crippen LogP contribution in [0.25, 0.3) is 16.8 Å². The number of nitrogens with zero attached hydrogens (tertiary/aromatic N) is 1. The van der Waals surface area contributed by atoms with Gasteiger partial charge in [-0.1, -0.05) is 35.9 Å². The summed E-state index contributed by atoms with van der Waals surface area (Å²) in [5, 5.41) is 0. The molecule has 2 aromatic heterocycles. The second-order valence-electron chi connectivity index (χ2n) is 4.76. The minimum atomic E-state index is -0.313. The molecule has 0 fully saturated rings. The van der Waals surface area contributed by atoms with Crippen LogP contribution >= 0.6 is 0 Å². The maximum absolute atomic E-state index is 11.9. The Bertz CT molecular complexity index is 769. The van der Waals surface area contributed by atoms with E-state index in [4.69, 9.17) is 4.74 Å². The standard InChI is InChI=1S/C17H15NO2/c1-12-6-8-13(9-7-12)16-11-14(17(19)20-2)15-5-3-4-10-18(15)16/h3-11H,1-2H3. The lowest BCUT2D eigenvalue weighted by Gasteiger charge is -2.03. The van der Waals surface area contributed by atoms with Crippen LogP contribution in [0.15, 0.2) is 54.7 Å². The highest BCUT2D eigenvalue weighted by Crippen LogP contribution is 2.26. The van der Waals surface area contributed by atoms with E-state index in [2.05, 4.69) is 31.2 Å². The fraction of sp³-hybridized carbons (Fsp3) is 0.118. The largest absolute Gasteiger partial charge is 0.465 e. The maximum atomic E-state index is 11.9. The van der Waals surface area contributed by atoms with Gasteiger partial charge in [0.25, 0.3) is 0 Å². The van der Waals surface area contributed by atoms with Gasteiger partial charge in [-0.15, -0.1) is 0 Å². The first-order valence-electron chi connectivity index (χ1n) is 6.46. The van der Waals surface area contributed by atoms with E-state index in [0.29, 0.717) is 5.56 Å². The van der Waals surface area contributed by atoms with Crippen molar-refractivity contribution < 1.29 is 9.53 Å². The van der Waals surface area contributed by atoms with E-state index in [1.807, 2.05) is 34.9 Å². The maximum Gasteiger partial charge on any atom is 0.340 e. The van der Waals surface area contributed by atoms with Gasteiger partial charge in [0.2, 0.25) is 0 Å². The number of carbonyl (C=O) groups is 1. The molecule has 20 heavy (non-hydrogen) atoms. The molecular weight excluding hydrogens is 250 g/mol. The summed E-state index contributed by atoms with van der Waals surface area (Å²) in [5.74, 6) is -0.313. The topological polar surface area (TPSA) is 30.7 Å². The molecule has 1 aromatic carbocycles. The molecule has 0 aliphatic heterocycles. The van der Waals surface area contributed by atoms with Gasteiger partial charge in [-0.05, 0) is 30.7 Å². The number of hydrogen-bond donors (Lipinski definition) is 0. The highest BCUT2D eigenvalue weighted by Gasteiger charge is 2.16. The Labute approximate surface area is 117 Å². The summed E-state index contributed by atoms with van der Waals surface area (Å²) in [6.45, 7) is 2.06. The number of methoxy groups -OCH3 is 1. The van der Waals surface area contributed by atoms with Gasteiger partial charge in [0.1, 0.15) is 0 Å². The highest BCUT2D eigenvalue weighted by atomic mass is 16.5. The Morgan fingerprint density at radius 2 is 1.85 bits per heavy atom. The van der Waals surface area contributed by atoms with Crippen LogP contribution in [0.1, 0.15) is 15.9 Å². The van der Waals surface area contributed by atoms with Crippen molar-refractivity contribution in [1.29, 1.82) is 0 Å². The molecule has 2 heterocycles. The van der Waals surface area contributed by atoms with Crippen LogP contribution in [-0.4, -0.2) is 17.5 Å². The molecule has 0 saturated carbocycles. The van der Waals surface area contributed by atoms with E-state index in [-0.39, 0.29) is 5.97 Å². The number of hydrogen-bond acceptors (Lipinski definition) is 2. The second kappa shape index (κ2) is 4.85. The van der Waals surface area contributed by atoms with Crippen LogP contribution in [-0.2, 0) is 4.74 Å². The zero-order chi connectivity index (χ0) is 14.1. The number of carbonyl (C=O) groups excluding carboxylic acids is 1. The van der Waals surface area contributed by atoms with Crippen LogP contribution in [0.2, 0.25) is 0 Å². The lowest BCUT2D eigenvalue weighted by atomic mass is 10.1. The second-order valence-corrected chi connectivity index (χ2v) is 4.76. The fourth-order valence-corrected chi connectivity index (χ4v) is 2.37. The molecule has 3 aromatic rings. The van der Waals surface area contributed by atoms with Gasteiger partial charge in [0.15, 0.2) is 0 Å². The molecule has 0 spiro atoms. The fourth-order valence-electron chi connectivity index (χ4n) is 2.37. The minimum absolute atomic E-state index is 0.313. The first-order chi connectivity index (χ1) is 9.70. The van der Waals surface area contributed by atoms with E-state index in [1.165, 1.54) is 12.7 Å². The van der Waals surface area contributed by atoms with Crippen LogP contribution in [0.4, 0.5) is 0 Å². The van der Waals surface area contributed by atoms with Gasteiger partial charge < -0.3 is 9.14 Å². The third-order valence-electron chi connectivity index (χ3n) is 3.43. The van der Waals surface area contributed by atoms with Crippen LogP contribution < -0.4 is 0 Å². The van der Waals surface area contributed by atoms with Crippen molar-refractivity contribution in [2.24, 2.45) is 0 Å². The molecule has 0 unspecified atom stereocenters. The molecule has 0 bridgehead atoms. The van der Waals surface area contributed by atoms with E-state index in [9.17, 15) is 4.79 Å². The third kappa shape index (κ3) is 1.97. The summed E-state index contributed by atoms with van der Waals surface area (Å²) < 4.78 is 6.87. The van der Waals surface area contributed by atoms with Crippen LogP contribution in [0.3, 0.4) is 0 Å². The van der Waals surface area contributed by atoms with Gasteiger partial charge in [-0.25, -0.2) is 4.79 Å². The molecule has 0 saturated heterocycles. The molecule has 0 amide bonds.